The molecule has 20 heavy (non-hydrogen) atoms. The third-order valence-electron chi connectivity index (χ3n) is 3.58. The van der Waals surface area contributed by atoms with Crippen LogP contribution in [0.4, 0.5) is 0 Å². The molecule has 106 valence electrons. The van der Waals surface area contributed by atoms with Crippen molar-refractivity contribution < 1.29 is 4.74 Å². The topological polar surface area (TPSA) is 39.1 Å². The van der Waals surface area contributed by atoms with Gasteiger partial charge in [-0.1, -0.05) is 12.1 Å². The van der Waals surface area contributed by atoms with E-state index in [1.54, 1.807) is 0 Å². The number of hydrogen-bond acceptors (Lipinski definition) is 3. The predicted molar refractivity (Wildman–Crippen MR) is 78.6 cm³/mol. The molecule has 1 aromatic carbocycles. The van der Waals surface area contributed by atoms with Gasteiger partial charge in [-0.15, -0.1) is 0 Å². The van der Waals surface area contributed by atoms with Gasteiger partial charge in [0, 0.05) is 19.6 Å². The van der Waals surface area contributed by atoms with Crippen molar-refractivity contribution in [2.45, 2.75) is 39.0 Å². The number of aromatic nitrogens is 2. The van der Waals surface area contributed by atoms with E-state index in [-0.39, 0.29) is 0 Å². The minimum atomic E-state index is 0.553. The zero-order valence-corrected chi connectivity index (χ0v) is 12.1. The maximum absolute atomic E-state index is 5.80. The quantitative estimate of drug-likeness (QED) is 0.877. The summed E-state index contributed by atoms with van der Waals surface area (Å²) < 4.78 is 7.66. The fourth-order valence-electron chi connectivity index (χ4n) is 2.21. The van der Waals surface area contributed by atoms with E-state index in [1.807, 2.05) is 36.9 Å². The highest BCUT2D eigenvalue weighted by Crippen LogP contribution is 2.20. The summed E-state index contributed by atoms with van der Waals surface area (Å²) in [5.41, 5.74) is 3.41. The molecule has 0 radical (unpaired) electrons. The lowest BCUT2D eigenvalue weighted by atomic mass is 10.2. The molecule has 0 bridgehead atoms. The molecule has 1 saturated carbocycles. The summed E-state index contributed by atoms with van der Waals surface area (Å²) in [6, 6.07) is 11.1. The summed E-state index contributed by atoms with van der Waals surface area (Å²) in [6.45, 7) is 3.49. The van der Waals surface area contributed by atoms with Crippen molar-refractivity contribution in [2.24, 2.45) is 7.05 Å². The molecule has 3 rings (SSSR count). The van der Waals surface area contributed by atoms with E-state index in [2.05, 4.69) is 22.5 Å². The van der Waals surface area contributed by atoms with Crippen molar-refractivity contribution in [2.75, 3.05) is 0 Å². The van der Waals surface area contributed by atoms with E-state index in [9.17, 15) is 0 Å². The average Bonchev–Trinajstić information content (AvgIpc) is 3.21. The predicted octanol–water partition coefficient (Wildman–Crippen LogP) is 2.56. The van der Waals surface area contributed by atoms with Crippen LogP contribution in [0.15, 0.2) is 30.3 Å². The van der Waals surface area contributed by atoms with E-state index in [1.165, 1.54) is 18.4 Å². The van der Waals surface area contributed by atoms with Gasteiger partial charge in [-0.25, -0.2) is 0 Å². The number of hydrogen-bond donors (Lipinski definition) is 1. The lowest BCUT2D eigenvalue weighted by molar-refractivity contribution is 0.295. The molecule has 0 amide bonds. The highest BCUT2D eigenvalue weighted by atomic mass is 16.5. The summed E-state index contributed by atoms with van der Waals surface area (Å²) in [5, 5.41) is 7.82. The number of aryl methyl sites for hydroxylation is 2. The summed E-state index contributed by atoms with van der Waals surface area (Å²) in [7, 11) is 1.94. The number of ether oxygens (including phenoxy) is 1. The smallest absolute Gasteiger partial charge is 0.130 e. The Bertz CT molecular complexity index is 570. The molecule has 1 aliphatic rings. The Morgan fingerprint density at radius 3 is 2.65 bits per heavy atom. The summed E-state index contributed by atoms with van der Waals surface area (Å²) in [5.74, 6) is 0.902. The molecule has 1 heterocycles. The first-order valence-corrected chi connectivity index (χ1v) is 7.15. The van der Waals surface area contributed by atoms with Gasteiger partial charge >= 0.3 is 0 Å². The molecular weight excluding hydrogens is 250 g/mol. The van der Waals surface area contributed by atoms with Crippen LogP contribution >= 0.6 is 0 Å². The zero-order valence-electron chi connectivity index (χ0n) is 12.1. The van der Waals surface area contributed by atoms with Crippen LogP contribution in [0.3, 0.4) is 0 Å². The average molecular weight is 271 g/mol. The minimum Gasteiger partial charge on any atom is -0.487 e. The third kappa shape index (κ3) is 3.39. The maximum Gasteiger partial charge on any atom is 0.130 e. The second-order valence-corrected chi connectivity index (χ2v) is 5.49. The number of benzene rings is 1. The van der Waals surface area contributed by atoms with Gasteiger partial charge in [-0.3, -0.25) is 4.68 Å². The zero-order chi connectivity index (χ0) is 13.9. The second kappa shape index (κ2) is 5.67. The Morgan fingerprint density at radius 2 is 2.05 bits per heavy atom. The van der Waals surface area contributed by atoms with Crippen LogP contribution < -0.4 is 10.1 Å². The van der Waals surface area contributed by atoms with Crippen molar-refractivity contribution in [3.8, 4) is 5.75 Å². The first kappa shape index (κ1) is 13.2. The Labute approximate surface area is 119 Å². The summed E-state index contributed by atoms with van der Waals surface area (Å²) in [4.78, 5) is 0. The molecule has 1 fully saturated rings. The monoisotopic (exact) mass is 271 g/mol. The molecular formula is C16H21N3O. The molecule has 0 atom stereocenters. The lowest BCUT2D eigenvalue weighted by Crippen LogP contribution is -2.15. The lowest BCUT2D eigenvalue weighted by Gasteiger charge is -2.08. The molecule has 0 spiro atoms. The standard InChI is InChI=1S/C16H21N3O/c1-12-9-15(19(2)18-12)11-20-16-7-3-13(4-8-16)10-17-14-5-6-14/h3-4,7-9,14,17H,5-6,10-11H2,1-2H3. The normalized spacial score (nSPS) is 14.5. The SMILES string of the molecule is Cc1cc(COc2ccc(CNC3CC3)cc2)n(C)n1. The Balaban J connectivity index is 1.53. The van der Waals surface area contributed by atoms with Crippen LogP contribution in [0.5, 0.6) is 5.75 Å². The van der Waals surface area contributed by atoms with Crippen LogP contribution in [-0.2, 0) is 20.2 Å². The van der Waals surface area contributed by atoms with E-state index >= 15 is 0 Å². The van der Waals surface area contributed by atoms with Gasteiger partial charge in [-0.05, 0) is 43.5 Å². The largest absolute Gasteiger partial charge is 0.487 e. The van der Waals surface area contributed by atoms with E-state index in [0.29, 0.717) is 6.61 Å². The molecule has 1 N–H and O–H groups in total. The molecule has 0 unspecified atom stereocenters. The van der Waals surface area contributed by atoms with E-state index < -0.39 is 0 Å². The van der Waals surface area contributed by atoms with Crippen LogP contribution in [0, 0.1) is 6.92 Å². The van der Waals surface area contributed by atoms with Gasteiger partial charge in [-0.2, -0.15) is 5.10 Å². The molecule has 4 nitrogen and oxygen atoms in total. The van der Waals surface area contributed by atoms with Crippen molar-refractivity contribution in [1.29, 1.82) is 0 Å². The highest BCUT2D eigenvalue weighted by molar-refractivity contribution is 5.27. The van der Waals surface area contributed by atoms with Gasteiger partial charge in [0.25, 0.3) is 0 Å². The highest BCUT2D eigenvalue weighted by Gasteiger charge is 2.19. The minimum absolute atomic E-state index is 0.553. The van der Waals surface area contributed by atoms with Crippen LogP contribution in [-0.4, -0.2) is 15.8 Å². The molecule has 1 aliphatic carbocycles. The molecule has 0 saturated heterocycles. The van der Waals surface area contributed by atoms with E-state index in [4.69, 9.17) is 4.74 Å². The van der Waals surface area contributed by atoms with Gasteiger partial charge in [0.1, 0.15) is 12.4 Å². The first-order valence-electron chi connectivity index (χ1n) is 7.15. The number of nitrogens with one attached hydrogen (secondary N) is 1. The van der Waals surface area contributed by atoms with E-state index in [0.717, 1.165) is 29.7 Å². The molecule has 0 aliphatic heterocycles. The van der Waals surface area contributed by atoms with Crippen LogP contribution in [0.2, 0.25) is 0 Å². The fraction of sp³-hybridized carbons (Fsp3) is 0.438. The molecule has 1 aromatic heterocycles. The second-order valence-electron chi connectivity index (χ2n) is 5.49. The maximum atomic E-state index is 5.80. The fourth-order valence-corrected chi connectivity index (χ4v) is 2.21. The van der Waals surface area contributed by atoms with Crippen LogP contribution in [0.25, 0.3) is 0 Å². The van der Waals surface area contributed by atoms with Gasteiger partial charge in [0.05, 0.1) is 11.4 Å². The van der Waals surface area contributed by atoms with Gasteiger partial charge in [0.2, 0.25) is 0 Å². The molecule has 4 heteroatoms. The van der Waals surface area contributed by atoms with Crippen molar-refractivity contribution in [1.82, 2.24) is 15.1 Å². The van der Waals surface area contributed by atoms with Crippen molar-refractivity contribution >= 4 is 0 Å². The van der Waals surface area contributed by atoms with Gasteiger partial charge < -0.3 is 10.1 Å². The summed E-state index contributed by atoms with van der Waals surface area (Å²) >= 11 is 0. The Kier molecular flexibility index (Phi) is 3.74. The Morgan fingerprint density at radius 1 is 1.30 bits per heavy atom. The van der Waals surface area contributed by atoms with Crippen LogP contribution in [0.1, 0.15) is 29.8 Å². The number of rotatable bonds is 6. The summed E-state index contributed by atoms with van der Waals surface area (Å²) in [6.07, 6.45) is 2.65. The van der Waals surface area contributed by atoms with Crippen molar-refractivity contribution in [3.05, 3.63) is 47.3 Å². The molecule has 2 aromatic rings. The van der Waals surface area contributed by atoms with Gasteiger partial charge in [0.15, 0.2) is 0 Å². The third-order valence-corrected chi connectivity index (χ3v) is 3.58. The number of nitrogens with zero attached hydrogens (tertiary/aromatic N) is 2. The Hall–Kier alpha value is -1.81. The first-order chi connectivity index (χ1) is 9.70. The van der Waals surface area contributed by atoms with Crippen molar-refractivity contribution in [3.63, 3.8) is 0 Å².